The molecule has 5 nitrogen and oxygen atoms in total. The number of hydrogen-bond acceptors (Lipinski definition) is 4. The number of nitrogens with zero attached hydrogens (tertiary/aromatic N) is 1. The molecule has 0 aliphatic heterocycles. The van der Waals surface area contributed by atoms with Gasteiger partial charge in [-0.1, -0.05) is 17.3 Å². The first kappa shape index (κ1) is 11.9. The van der Waals surface area contributed by atoms with Crippen molar-refractivity contribution in [2.75, 3.05) is 26.3 Å². The first-order valence-corrected chi connectivity index (χ1v) is 4.06. The second-order valence-corrected chi connectivity index (χ2v) is 2.78. The van der Waals surface area contributed by atoms with Gasteiger partial charge in [-0.25, -0.2) is 0 Å². The maximum Gasteiger partial charge on any atom is 0.153 e. The van der Waals surface area contributed by atoms with Crippen LogP contribution in [0, 0.1) is 0 Å². The van der Waals surface area contributed by atoms with Gasteiger partial charge in [-0.2, -0.15) is 0 Å². The minimum absolute atomic E-state index is 0.167. The van der Waals surface area contributed by atoms with Crippen molar-refractivity contribution in [3.05, 3.63) is 12.2 Å². The molecular formula is C8H17N3O2. The van der Waals surface area contributed by atoms with Gasteiger partial charge in [-0.05, 0) is 6.92 Å². The molecule has 0 aromatic rings. The highest BCUT2D eigenvalue weighted by atomic mass is 16.5. The molecule has 0 atom stereocenters. The Morgan fingerprint density at radius 2 is 2.38 bits per heavy atom. The second kappa shape index (κ2) is 7.57. The molecule has 0 unspecified atom stereocenters. The minimum Gasteiger partial charge on any atom is -0.409 e. The molecule has 0 rings (SSSR count). The lowest BCUT2D eigenvalue weighted by molar-refractivity contribution is 0.159. The van der Waals surface area contributed by atoms with Crippen LogP contribution in [-0.4, -0.2) is 37.3 Å². The van der Waals surface area contributed by atoms with Crippen LogP contribution < -0.4 is 11.1 Å². The van der Waals surface area contributed by atoms with E-state index in [1.807, 2.05) is 6.92 Å². The van der Waals surface area contributed by atoms with Crippen LogP contribution in [0.3, 0.4) is 0 Å². The molecule has 0 heterocycles. The van der Waals surface area contributed by atoms with Crippen molar-refractivity contribution >= 4 is 5.84 Å². The summed E-state index contributed by atoms with van der Waals surface area (Å²) in [7, 11) is 0. The van der Waals surface area contributed by atoms with Crippen LogP contribution >= 0.6 is 0 Å². The van der Waals surface area contributed by atoms with E-state index in [-0.39, 0.29) is 5.84 Å². The highest BCUT2D eigenvalue weighted by Crippen LogP contribution is 1.86. The van der Waals surface area contributed by atoms with Crippen LogP contribution in [0.2, 0.25) is 0 Å². The maximum atomic E-state index is 8.19. The van der Waals surface area contributed by atoms with E-state index in [9.17, 15) is 0 Å². The standard InChI is InChI=1S/C8H17N3O2/c1-7(2)6-13-4-3-10-5-8(9)11-12/h10,12H,1,3-6H2,2H3,(H2,9,11). The highest BCUT2D eigenvalue weighted by Gasteiger charge is 1.92. The van der Waals surface area contributed by atoms with Gasteiger partial charge in [0, 0.05) is 6.54 Å². The van der Waals surface area contributed by atoms with Crippen molar-refractivity contribution in [1.29, 1.82) is 0 Å². The summed E-state index contributed by atoms with van der Waals surface area (Å²) in [5.41, 5.74) is 6.22. The molecule has 4 N–H and O–H groups in total. The van der Waals surface area contributed by atoms with E-state index in [4.69, 9.17) is 15.7 Å². The molecule has 0 bridgehead atoms. The fraction of sp³-hybridized carbons (Fsp3) is 0.625. The Hall–Kier alpha value is -1.07. The number of oxime groups is 1. The van der Waals surface area contributed by atoms with Crippen LogP contribution in [0.15, 0.2) is 17.3 Å². The van der Waals surface area contributed by atoms with Gasteiger partial charge in [0.05, 0.1) is 19.8 Å². The average Bonchev–Trinajstić information content (AvgIpc) is 2.10. The van der Waals surface area contributed by atoms with Crippen molar-refractivity contribution in [2.45, 2.75) is 6.92 Å². The molecule has 0 amide bonds. The van der Waals surface area contributed by atoms with Gasteiger partial charge < -0.3 is 21.0 Å². The molecule has 5 heteroatoms. The summed E-state index contributed by atoms with van der Waals surface area (Å²) in [6, 6.07) is 0. The molecule has 0 spiro atoms. The lowest BCUT2D eigenvalue weighted by Crippen LogP contribution is -2.31. The third-order valence-corrected chi connectivity index (χ3v) is 1.21. The fourth-order valence-corrected chi connectivity index (χ4v) is 0.643. The van der Waals surface area contributed by atoms with E-state index in [1.165, 1.54) is 0 Å². The molecule has 76 valence electrons. The van der Waals surface area contributed by atoms with Gasteiger partial charge in [-0.3, -0.25) is 0 Å². The van der Waals surface area contributed by atoms with Crippen molar-refractivity contribution in [1.82, 2.24) is 5.32 Å². The molecule has 0 saturated heterocycles. The summed E-state index contributed by atoms with van der Waals surface area (Å²) >= 11 is 0. The van der Waals surface area contributed by atoms with Crippen LogP contribution in [0.5, 0.6) is 0 Å². The number of nitrogens with one attached hydrogen (secondary N) is 1. The Morgan fingerprint density at radius 3 is 2.92 bits per heavy atom. The minimum atomic E-state index is 0.167. The molecule has 0 fully saturated rings. The zero-order chi connectivity index (χ0) is 10.1. The first-order valence-electron chi connectivity index (χ1n) is 4.06. The van der Waals surface area contributed by atoms with E-state index >= 15 is 0 Å². The molecule has 0 radical (unpaired) electrons. The highest BCUT2D eigenvalue weighted by molar-refractivity contribution is 5.81. The van der Waals surface area contributed by atoms with Crippen molar-refractivity contribution < 1.29 is 9.94 Å². The third-order valence-electron chi connectivity index (χ3n) is 1.21. The van der Waals surface area contributed by atoms with Crippen LogP contribution in [-0.2, 0) is 4.74 Å². The van der Waals surface area contributed by atoms with Crippen LogP contribution in [0.1, 0.15) is 6.92 Å². The topological polar surface area (TPSA) is 79.9 Å². The van der Waals surface area contributed by atoms with Gasteiger partial charge in [0.1, 0.15) is 0 Å². The fourth-order valence-electron chi connectivity index (χ4n) is 0.643. The summed E-state index contributed by atoms with van der Waals surface area (Å²) in [6.07, 6.45) is 0. The third kappa shape index (κ3) is 8.84. The van der Waals surface area contributed by atoms with Gasteiger partial charge >= 0.3 is 0 Å². The molecular weight excluding hydrogens is 170 g/mol. The molecule has 13 heavy (non-hydrogen) atoms. The molecule has 0 aliphatic carbocycles. The quantitative estimate of drug-likeness (QED) is 0.130. The van der Waals surface area contributed by atoms with Crippen molar-refractivity contribution in [2.24, 2.45) is 10.9 Å². The van der Waals surface area contributed by atoms with E-state index in [2.05, 4.69) is 17.1 Å². The van der Waals surface area contributed by atoms with Crippen molar-refractivity contribution in [3.63, 3.8) is 0 Å². The summed E-state index contributed by atoms with van der Waals surface area (Å²) in [5.74, 6) is 0.167. The normalized spacial score (nSPS) is 11.6. The Morgan fingerprint density at radius 1 is 1.69 bits per heavy atom. The van der Waals surface area contributed by atoms with Crippen LogP contribution in [0.25, 0.3) is 0 Å². The summed E-state index contributed by atoms with van der Waals surface area (Å²) in [4.78, 5) is 0. The maximum absolute atomic E-state index is 8.19. The van der Waals surface area contributed by atoms with E-state index < -0.39 is 0 Å². The van der Waals surface area contributed by atoms with Gasteiger partial charge in [0.25, 0.3) is 0 Å². The average molecular weight is 187 g/mol. The number of nitrogens with two attached hydrogens (primary N) is 1. The van der Waals surface area contributed by atoms with Gasteiger partial charge in [-0.15, -0.1) is 0 Å². The second-order valence-electron chi connectivity index (χ2n) is 2.78. The molecule has 0 aliphatic rings. The number of amidine groups is 1. The lowest BCUT2D eigenvalue weighted by Gasteiger charge is -2.04. The monoisotopic (exact) mass is 187 g/mol. The van der Waals surface area contributed by atoms with E-state index in [0.29, 0.717) is 26.3 Å². The predicted molar refractivity (Wildman–Crippen MR) is 51.9 cm³/mol. The molecule has 0 saturated carbocycles. The van der Waals surface area contributed by atoms with E-state index in [0.717, 1.165) is 5.57 Å². The summed E-state index contributed by atoms with van der Waals surface area (Å²) < 4.78 is 5.21. The largest absolute Gasteiger partial charge is 0.409 e. The smallest absolute Gasteiger partial charge is 0.153 e. The Kier molecular flexibility index (Phi) is 6.95. The zero-order valence-electron chi connectivity index (χ0n) is 7.92. The number of hydrogen-bond donors (Lipinski definition) is 3. The van der Waals surface area contributed by atoms with Gasteiger partial charge in [0.15, 0.2) is 5.84 Å². The lowest BCUT2D eigenvalue weighted by atomic mass is 10.4. The first-order chi connectivity index (χ1) is 6.16. The predicted octanol–water partition coefficient (Wildman–Crippen LogP) is -0.0849. The SMILES string of the molecule is C=C(C)COCCNCC(N)=NO. The van der Waals surface area contributed by atoms with Crippen LogP contribution in [0.4, 0.5) is 0 Å². The summed E-state index contributed by atoms with van der Waals surface area (Å²) in [5, 5.41) is 13.9. The number of ether oxygens (including phenoxy) is 1. The zero-order valence-corrected chi connectivity index (χ0v) is 7.92. The summed E-state index contributed by atoms with van der Waals surface area (Å²) in [6.45, 7) is 7.81. The molecule has 0 aromatic carbocycles. The Labute approximate surface area is 78.3 Å². The Balaban J connectivity index is 3.13. The molecule has 0 aromatic heterocycles. The Bertz CT molecular complexity index is 180. The van der Waals surface area contributed by atoms with Crippen molar-refractivity contribution in [3.8, 4) is 0 Å². The van der Waals surface area contributed by atoms with Gasteiger partial charge in [0.2, 0.25) is 0 Å². The van der Waals surface area contributed by atoms with E-state index in [1.54, 1.807) is 0 Å². The number of rotatable bonds is 7.